The van der Waals surface area contributed by atoms with E-state index in [9.17, 15) is 9.18 Å². The molecule has 5 heteroatoms. The van der Waals surface area contributed by atoms with Crippen molar-refractivity contribution < 1.29 is 9.18 Å². The molecule has 0 radical (unpaired) electrons. The summed E-state index contributed by atoms with van der Waals surface area (Å²) >= 11 is 0. The first-order valence-electron chi connectivity index (χ1n) is 7.48. The zero-order chi connectivity index (χ0) is 15.2. The third-order valence-electron chi connectivity index (χ3n) is 3.96. The van der Waals surface area contributed by atoms with Gasteiger partial charge in [-0.15, -0.1) is 0 Å². The number of halogens is 1. The van der Waals surface area contributed by atoms with Gasteiger partial charge in [0.25, 0.3) is 0 Å². The van der Waals surface area contributed by atoms with Gasteiger partial charge in [-0.3, -0.25) is 4.79 Å². The van der Waals surface area contributed by atoms with Crippen LogP contribution in [0.4, 0.5) is 4.39 Å². The summed E-state index contributed by atoms with van der Waals surface area (Å²) in [6.45, 7) is 1.54. The molecule has 1 saturated heterocycles. The maximum absolute atomic E-state index is 13.0. The highest BCUT2D eigenvalue weighted by Crippen LogP contribution is 2.18. The number of nitrogens with one attached hydrogen (secondary N) is 2. The maximum atomic E-state index is 13.0. The molecule has 116 valence electrons. The first kappa shape index (κ1) is 15.9. The summed E-state index contributed by atoms with van der Waals surface area (Å²) < 4.78 is 13.0. The number of carbonyl (C=O) groups is 1. The molecule has 0 bridgehead atoms. The zero-order valence-corrected chi connectivity index (χ0v) is 12.7. The van der Waals surface area contributed by atoms with E-state index in [-0.39, 0.29) is 17.8 Å². The van der Waals surface area contributed by atoms with Crippen molar-refractivity contribution in [1.82, 2.24) is 15.5 Å². The number of likely N-dealkylation sites (N-methyl/N-ethyl adjacent to an activating group) is 1. The molecule has 0 saturated carbocycles. The van der Waals surface area contributed by atoms with Crippen LogP contribution in [0.15, 0.2) is 24.3 Å². The van der Waals surface area contributed by atoms with E-state index in [1.807, 2.05) is 19.0 Å². The Kier molecular flexibility index (Phi) is 5.70. The van der Waals surface area contributed by atoms with Crippen LogP contribution < -0.4 is 10.6 Å². The van der Waals surface area contributed by atoms with Crippen LogP contribution in [0.2, 0.25) is 0 Å². The second-order valence-corrected chi connectivity index (χ2v) is 5.83. The highest BCUT2D eigenvalue weighted by atomic mass is 19.1. The molecule has 2 unspecified atom stereocenters. The number of benzene rings is 1. The van der Waals surface area contributed by atoms with Gasteiger partial charge in [0.15, 0.2) is 0 Å². The third-order valence-corrected chi connectivity index (χ3v) is 3.96. The Morgan fingerprint density at radius 3 is 2.71 bits per heavy atom. The molecule has 1 aromatic rings. The summed E-state index contributed by atoms with van der Waals surface area (Å²) in [4.78, 5) is 14.0. The quantitative estimate of drug-likeness (QED) is 0.839. The minimum absolute atomic E-state index is 0.0473. The molecule has 0 aliphatic carbocycles. The molecule has 1 amide bonds. The SMILES string of the molecule is CN(C)C(CNC(=O)CC1CCCN1)c1ccc(F)cc1. The number of nitrogens with zero attached hydrogens (tertiary/aromatic N) is 1. The topological polar surface area (TPSA) is 44.4 Å². The number of rotatable bonds is 6. The summed E-state index contributed by atoms with van der Waals surface area (Å²) in [5.74, 6) is -0.170. The van der Waals surface area contributed by atoms with Gasteiger partial charge < -0.3 is 15.5 Å². The molecule has 4 nitrogen and oxygen atoms in total. The van der Waals surface area contributed by atoms with Gasteiger partial charge in [-0.2, -0.15) is 0 Å². The standard InChI is InChI=1S/C16H24FN3O/c1-20(2)15(12-5-7-13(17)8-6-12)11-19-16(21)10-14-4-3-9-18-14/h5-8,14-15,18H,3-4,9-11H2,1-2H3,(H,19,21). The summed E-state index contributed by atoms with van der Waals surface area (Å²) in [7, 11) is 3.91. The molecule has 21 heavy (non-hydrogen) atoms. The van der Waals surface area contributed by atoms with Crippen LogP contribution in [-0.2, 0) is 4.79 Å². The Hall–Kier alpha value is -1.46. The Balaban J connectivity index is 1.87. The number of amides is 1. The fourth-order valence-electron chi connectivity index (χ4n) is 2.72. The summed E-state index contributed by atoms with van der Waals surface area (Å²) in [5, 5.41) is 6.31. The van der Waals surface area contributed by atoms with Crippen LogP contribution in [0.25, 0.3) is 0 Å². The Morgan fingerprint density at radius 2 is 2.14 bits per heavy atom. The first-order chi connectivity index (χ1) is 10.1. The van der Waals surface area contributed by atoms with Gasteiger partial charge in [-0.1, -0.05) is 12.1 Å². The molecule has 1 aromatic carbocycles. The Bertz CT molecular complexity index is 455. The molecule has 0 aromatic heterocycles. The molecule has 1 aliphatic rings. The molecule has 2 atom stereocenters. The molecule has 1 fully saturated rings. The lowest BCUT2D eigenvalue weighted by Gasteiger charge is -2.25. The van der Waals surface area contributed by atoms with Gasteiger partial charge in [0.2, 0.25) is 5.91 Å². The average molecular weight is 293 g/mol. The summed E-state index contributed by atoms with van der Waals surface area (Å²) in [6.07, 6.45) is 2.75. The number of hydrogen-bond acceptors (Lipinski definition) is 3. The number of carbonyl (C=O) groups excluding carboxylic acids is 1. The van der Waals surface area contributed by atoms with Crippen LogP contribution in [0.1, 0.15) is 30.9 Å². The van der Waals surface area contributed by atoms with Gasteiger partial charge in [0.1, 0.15) is 5.82 Å². The Morgan fingerprint density at radius 1 is 1.43 bits per heavy atom. The highest BCUT2D eigenvalue weighted by molar-refractivity contribution is 5.76. The second kappa shape index (κ2) is 7.52. The fourth-order valence-corrected chi connectivity index (χ4v) is 2.72. The second-order valence-electron chi connectivity index (χ2n) is 5.83. The predicted octanol–water partition coefficient (Wildman–Crippen LogP) is 1.69. The maximum Gasteiger partial charge on any atom is 0.221 e. The van der Waals surface area contributed by atoms with Crippen molar-refractivity contribution in [2.75, 3.05) is 27.2 Å². The normalized spacial score (nSPS) is 19.7. The van der Waals surface area contributed by atoms with E-state index in [1.165, 1.54) is 12.1 Å². The molecular weight excluding hydrogens is 269 g/mol. The van der Waals surface area contributed by atoms with E-state index < -0.39 is 0 Å². The monoisotopic (exact) mass is 293 g/mol. The van der Waals surface area contributed by atoms with Crippen molar-refractivity contribution >= 4 is 5.91 Å². The van der Waals surface area contributed by atoms with E-state index in [0.717, 1.165) is 24.9 Å². The molecule has 0 spiro atoms. The van der Waals surface area contributed by atoms with E-state index in [4.69, 9.17) is 0 Å². The van der Waals surface area contributed by atoms with Crippen LogP contribution >= 0.6 is 0 Å². The van der Waals surface area contributed by atoms with E-state index in [1.54, 1.807) is 12.1 Å². The van der Waals surface area contributed by atoms with Crippen LogP contribution in [0, 0.1) is 5.82 Å². The summed E-state index contributed by atoms with van der Waals surface area (Å²) in [6, 6.07) is 6.81. The van der Waals surface area contributed by atoms with Crippen molar-refractivity contribution in [3.8, 4) is 0 Å². The van der Waals surface area contributed by atoms with Crippen molar-refractivity contribution in [3.05, 3.63) is 35.6 Å². The summed E-state index contributed by atoms with van der Waals surface area (Å²) in [5.41, 5.74) is 1.00. The van der Waals surface area contributed by atoms with Crippen molar-refractivity contribution in [2.45, 2.75) is 31.3 Å². The van der Waals surface area contributed by atoms with Crippen molar-refractivity contribution in [3.63, 3.8) is 0 Å². The molecule has 1 heterocycles. The van der Waals surface area contributed by atoms with Crippen molar-refractivity contribution in [2.24, 2.45) is 0 Å². The highest BCUT2D eigenvalue weighted by Gasteiger charge is 2.19. The fraction of sp³-hybridized carbons (Fsp3) is 0.562. The van der Waals surface area contributed by atoms with Crippen LogP contribution in [-0.4, -0.2) is 44.0 Å². The lowest BCUT2D eigenvalue weighted by atomic mass is 10.1. The van der Waals surface area contributed by atoms with E-state index in [0.29, 0.717) is 19.0 Å². The van der Waals surface area contributed by atoms with Gasteiger partial charge in [0, 0.05) is 19.0 Å². The largest absolute Gasteiger partial charge is 0.354 e. The molecule has 2 N–H and O–H groups in total. The third kappa shape index (κ3) is 4.79. The van der Waals surface area contributed by atoms with Gasteiger partial charge in [-0.25, -0.2) is 4.39 Å². The Labute approximate surface area is 125 Å². The zero-order valence-electron chi connectivity index (χ0n) is 12.7. The lowest BCUT2D eigenvalue weighted by Crippen LogP contribution is -2.37. The number of hydrogen-bond donors (Lipinski definition) is 2. The lowest BCUT2D eigenvalue weighted by molar-refractivity contribution is -0.121. The van der Waals surface area contributed by atoms with E-state index >= 15 is 0 Å². The predicted molar refractivity (Wildman–Crippen MR) is 81.5 cm³/mol. The smallest absolute Gasteiger partial charge is 0.221 e. The van der Waals surface area contributed by atoms with Crippen molar-refractivity contribution in [1.29, 1.82) is 0 Å². The van der Waals surface area contributed by atoms with Gasteiger partial charge >= 0.3 is 0 Å². The molecule has 1 aliphatic heterocycles. The van der Waals surface area contributed by atoms with Crippen LogP contribution in [0.3, 0.4) is 0 Å². The minimum atomic E-state index is -0.243. The van der Waals surface area contributed by atoms with Crippen LogP contribution in [0.5, 0.6) is 0 Å². The average Bonchev–Trinajstić information content (AvgIpc) is 2.93. The molecular formula is C16H24FN3O. The minimum Gasteiger partial charge on any atom is -0.354 e. The van der Waals surface area contributed by atoms with E-state index in [2.05, 4.69) is 10.6 Å². The van der Waals surface area contributed by atoms with Gasteiger partial charge in [-0.05, 0) is 51.2 Å². The first-order valence-corrected chi connectivity index (χ1v) is 7.48. The molecule has 2 rings (SSSR count). The van der Waals surface area contributed by atoms with Gasteiger partial charge in [0.05, 0.1) is 6.04 Å².